The molecule has 0 fully saturated rings. The third-order valence-corrected chi connectivity index (χ3v) is 5.81. The molecule has 1 amide bonds. The molecule has 0 spiro atoms. The summed E-state index contributed by atoms with van der Waals surface area (Å²) in [6.45, 7) is 0. The summed E-state index contributed by atoms with van der Waals surface area (Å²) in [4.78, 5) is 18.0. The van der Waals surface area contributed by atoms with E-state index in [0.29, 0.717) is 37.2 Å². The van der Waals surface area contributed by atoms with Crippen molar-refractivity contribution in [2.24, 2.45) is 0 Å². The highest BCUT2D eigenvalue weighted by Crippen LogP contribution is 2.36. The third-order valence-electron chi connectivity index (χ3n) is 4.13. The summed E-state index contributed by atoms with van der Waals surface area (Å²) in [5.41, 5.74) is 7.82. The molecule has 4 nitrogen and oxygen atoms in total. The molecule has 4 aromatic rings. The molecule has 0 radical (unpaired) electrons. The van der Waals surface area contributed by atoms with E-state index in [-0.39, 0.29) is 10.6 Å². The second-order valence-corrected chi connectivity index (χ2v) is 7.79. The van der Waals surface area contributed by atoms with Gasteiger partial charge in [-0.05, 0) is 42.5 Å². The Morgan fingerprint density at radius 2 is 1.89 bits per heavy atom. The van der Waals surface area contributed by atoms with E-state index >= 15 is 0 Å². The number of hydrogen-bond donors (Lipinski definition) is 2. The molecule has 0 saturated carbocycles. The van der Waals surface area contributed by atoms with Gasteiger partial charge in [0.05, 0.1) is 22.1 Å². The molecule has 8 heteroatoms. The van der Waals surface area contributed by atoms with Crippen LogP contribution in [0.4, 0.5) is 15.8 Å². The number of nitrogens with two attached hydrogens (primary N) is 1. The lowest BCUT2D eigenvalue weighted by atomic mass is 10.1. The van der Waals surface area contributed by atoms with Gasteiger partial charge in [-0.25, -0.2) is 9.37 Å². The van der Waals surface area contributed by atoms with Crippen LogP contribution in [0.15, 0.2) is 54.6 Å². The number of nitrogens with one attached hydrogen (secondary N) is 1. The molecule has 2 heterocycles. The van der Waals surface area contributed by atoms with Gasteiger partial charge in [0.15, 0.2) is 0 Å². The number of halogens is 3. The molecule has 0 aliphatic carbocycles. The number of hydrogen-bond acceptors (Lipinski definition) is 4. The van der Waals surface area contributed by atoms with Crippen LogP contribution >= 0.6 is 34.5 Å². The number of carbonyl (C=O) groups excluding carboxylic acids is 1. The van der Waals surface area contributed by atoms with Gasteiger partial charge in [0.1, 0.15) is 15.5 Å². The lowest BCUT2D eigenvalue weighted by Gasteiger charge is -2.05. The Hall–Kier alpha value is -2.67. The number of carbonyl (C=O) groups is 1. The number of benzene rings is 2. The largest absolute Gasteiger partial charge is 0.397 e. The predicted octanol–water partition coefficient (Wildman–Crippen LogP) is 6.24. The minimum absolute atomic E-state index is 0.0868. The molecule has 4 rings (SSSR count). The summed E-state index contributed by atoms with van der Waals surface area (Å²) in [5.74, 6) is -1.01. The second kappa shape index (κ2) is 7.39. The number of nitrogen functional groups attached to an aromatic ring is 1. The number of nitrogens with zero attached hydrogens (tertiary/aromatic N) is 1. The SMILES string of the molecule is Nc1c(C(=O)Nc2ccccc2F)sc2nc(-c3cc(Cl)ccc3Cl)ccc12. The van der Waals surface area contributed by atoms with Crippen LogP contribution in [0.5, 0.6) is 0 Å². The monoisotopic (exact) mass is 431 g/mol. The van der Waals surface area contributed by atoms with E-state index < -0.39 is 11.7 Å². The summed E-state index contributed by atoms with van der Waals surface area (Å²) in [6.07, 6.45) is 0. The van der Waals surface area contributed by atoms with Crippen LogP contribution in [-0.2, 0) is 0 Å². The van der Waals surface area contributed by atoms with Crippen LogP contribution in [0.2, 0.25) is 10.0 Å². The summed E-state index contributed by atoms with van der Waals surface area (Å²) in [6, 6.07) is 14.6. The molecule has 0 aliphatic rings. The number of rotatable bonds is 3. The molecule has 140 valence electrons. The maximum atomic E-state index is 13.8. The van der Waals surface area contributed by atoms with Crippen LogP contribution < -0.4 is 11.1 Å². The van der Waals surface area contributed by atoms with Crippen molar-refractivity contribution in [2.45, 2.75) is 0 Å². The highest BCUT2D eigenvalue weighted by Gasteiger charge is 2.19. The standard InChI is InChI=1S/C20H12Cl2FN3OS/c21-10-5-7-13(22)12(9-10)15-8-6-11-17(24)18(28-20(11)26-15)19(27)25-16-4-2-1-3-14(16)23/h1-9H,24H2,(H,25,27). The Labute approximate surface area is 173 Å². The van der Waals surface area contributed by atoms with E-state index in [9.17, 15) is 9.18 Å². The molecule has 0 atom stereocenters. The minimum Gasteiger partial charge on any atom is -0.397 e. The third kappa shape index (κ3) is 3.42. The highest BCUT2D eigenvalue weighted by atomic mass is 35.5. The average Bonchev–Trinajstić information content (AvgIpc) is 3.01. The quantitative estimate of drug-likeness (QED) is 0.403. The van der Waals surface area contributed by atoms with Crippen LogP contribution in [0.3, 0.4) is 0 Å². The van der Waals surface area contributed by atoms with Crippen LogP contribution in [-0.4, -0.2) is 10.9 Å². The Morgan fingerprint density at radius 1 is 1.11 bits per heavy atom. The van der Waals surface area contributed by atoms with E-state index in [1.54, 1.807) is 42.5 Å². The Balaban J connectivity index is 1.73. The Kier molecular flexibility index (Phi) is 4.93. The fourth-order valence-corrected chi connectivity index (χ4v) is 4.13. The van der Waals surface area contributed by atoms with E-state index in [1.807, 2.05) is 0 Å². The summed E-state index contributed by atoms with van der Waals surface area (Å²) in [7, 11) is 0. The molecule has 3 N–H and O–H groups in total. The summed E-state index contributed by atoms with van der Waals surface area (Å²) < 4.78 is 13.8. The van der Waals surface area contributed by atoms with Gasteiger partial charge in [0.25, 0.3) is 5.91 Å². The lowest BCUT2D eigenvalue weighted by Crippen LogP contribution is -2.12. The average molecular weight is 432 g/mol. The van der Waals surface area contributed by atoms with Crippen molar-refractivity contribution in [3.8, 4) is 11.3 Å². The molecule has 0 aliphatic heterocycles. The topological polar surface area (TPSA) is 68.0 Å². The Bertz CT molecular complexity index is 1230. The zero-order valence-corrected chi connectivity index (χ0v) is 16.5. The molecular weight excluding hydrogens is 420 g/mol. The van der Waals surface area contributed by atoms with E-state index in [2.05, 4.69) is 10.3 Å². The maximum absolute atomic E-state index is 13.8. The van der Waals surface area contributed by atoms with Crippen molar-refractivity contribution in [1.29, 1.82) is 0 Å². The van der Waals surface area contributed by atoms with Crippen molar-refractivity contribution in [2.75, 3.05) is 11.1 Å². The fourth-order valence-electron chi connectivity index (χ4n) is 2.75. The number of amides is 1. The van der Waals surface area contributed by atoms with E-state index in [0.717, 1.165) is 11.3 Å². The molecule has 0 saturated heterocycles. The van der Waals surface area contributed by atoms with Crippen LogP contribution in [0, 0.1) is 5.82 Å². The Morgan fingerprint density at radius 3 is 2.68 bits per heavy atom. The van der Waals surface area contributed by atoms with Gasteiger partial charge in [-0.15, -0.1) is 11.3 Å². The van der Waals surface area contributed by atoms with Crippen molar-refractivity contribution >= 4 is 62.0 Å². The van der Waals surface area contributed by atoms with Crippen LogP contribution in [0.25, 0.3) is 21.5 Å². The van der Waals surface area contributed by atoms with Crippen molar-refractivity contribution in [3.05, 3.63) is 75.3 Å². The van der Waals surface area contributed by atoms with Gasteiger partial charge in [-0.3, -0.25) is 4.79 Å². The van der Waals surface area contributed by atoms with Gasteiger partial charge in [0.2, 0.25) is 0 Å². The minimum atomic E-state index is -0.522. The number of pyridine rings is 1. The number of fused-ring (bicyclic) bond motifs is 1. The molecule has 0 unspecified atom stereocenters. The first kappa shape index (κ1) is 18.7. The first-order valence-electron chi connectivity index (χ1n) is 8.14. The van der Waals surface area contributed by atoms with Crippen molar-refractivity contribution in [1.82, 2.24) is 4.98 Å². The van der Waals surface area contributed by atoms with Gasteiger partial charge < -0.3 is 11.1 Å². The fraction of sp³-hybridized carbons (Fsp3) is 0. The second-order valence-electron chi connectivity index (χ2n) is 5.95. The normalized spacial score (nSPS) is 11.0. The zero-order chi connectivity index (χ0) is 19.8. The molecule has 0 bridgehead atoms. The predicted molar refractivity (Wildman–Crippen MR) is 114 cm³/mol. The zero-order valence-electron chi connectivity index (χ0n) is 14.2. The molecule has 28 heavy (non-hydrogen) atoms. The summed E-state index contributed by atoms with van der Waals surface area (Å²) >= 11 is 13.4. The van der Waals surface area contributed by atoms with Gasteiger partial charge in [0, 0.05) is 16.0 Å². The number of thiophene rings is 1. The van der Waals surface area contributed by atoms with Gasteiger partial charge in [-0.2, -0.15) is 0 Å². The first-order chi connectivity index (χ1) is 13.4. The molecule has 2 aromatic heterocycles. The summed E-state index contributed by atoms with van der Waals surface area (Å²) in [5, 5.41) is 4.24. The molecule has 2 aromatic carbocycles. The van der Waals surface area contributed by atoms with Crippen LogP contribution in [0.1, 0.15) is 9.67 Å². The van der Waals surface area contributed by atoms with Gasteiger partial charge >= 0.3 is 0 Å². The number of anilines is 2. The van der Waals surface area contributed by atoms with Gasteiger partial charge in [-0.1, -0.05) is 35.3 Å². The first-order valence-corrected chi connectivity index (χ1v) is 9.71. The number of aromatic nitrogens is 1. The van der Waals surface area contributed by atoms with E-state index in [1.165, 1.54) is 12.1 Å². The van der Waals surface area contributed by atoms with Crippen molar-refractivity contribution in [3.63, 3.8) is 0 Å². The maximum Gasteiger partial charge on any atom is 0.268 e. The highest BCUT2D eigenvalue weighted by molar-refractivity contribution is 7.21. The lowest BCUT2D eigenvalue weighted by molar-refractivity contribution is 0.103. The van der Waals surface area contributed by atoms with Crippen molar-refractivity contribution < 1.29 is 9.18 Å². The smallest absolute Gasteiger partial charge is 0.268 e. The number of para-hydroxylation sites is 1. The molecular formula is C20H12Cl2FN3OS. The van der Waals surface area contributed by atoms with E-state index in [4.69, 9.17) is 28.9 Å².